The van der Waals surface area contributed by atoms with Gasteiger partial charge in [0.15, 0.2) is 0 Å². The molecule has 6 heteroatoms. The first kappa shape index (κ1) is 15.1. The molecule has 1 aliphatic rings. The number of nitrogens with zero attached hydrogens (tertiary/aromatic N) is 2. The Hall–Kier alpha value is -1.30. The van der Waals surface area contributed by atoms with Crippen LogP contribution < -0.4 is 4.74 Å². The van der Waals surface area contributed by atoms with Crippen molar-refractivity contribution >= 4 is 17.4 Å². The van der Waals surface area contributed by atoms with Crippen LogP contribution in [0.25, 0.3) is 0 Å². The Morgan fingerprint density at radius 3 is 3.00 bits per heavy atom. The summed E-state index contributed by atoms with van der Waals surface area (Å²) in [6, 6.07) is 0. The van der Waals surface area contributed by atoms with Gasteiger partial charge in [0.05, 0.1) is 6.61 Å². The van der Waals surface area contributed by atoms with Gasteiger partial charge in [-0.2, -0.15) is 0 Å². The molecule has 2 heterocycles. The van der Waals surface area contributed by atoms with Crippen molar-refractivity contribution < 1.29 is 14.3 Å². The third-order valence-corrected chi connectivity index (χ3v) is 3.71. The lowest BCUT2D eigenvalue weighted by molar-refractivity contribution is 0.0139. The fourth-order valence-corrected chi connectivity index (χ4v) is 2.66. The molecule has 1 aromatic heterocycles. The molecule has 2 rings (SSSR count). The number of rotatable bonds is 3. The quantitative estimate of drug-likeness (QED) is 0.860. The molecule has 0 saturated carbocycles. The normalized spacial score (nSPS) is 19.8. The van der Waals surface area contributed by atoms with Gasteiger partial charge >= 0.3 is 6.09 Å². The van der Waals surface area contributed by atoms with Gasteiger partial charge in [0, 0.05) is 30.6 Å². The number of carbonyl (C=O) groups excluding carboxylic acids is 1. The van der Waals surface area contributed by atoms with Crippen molar-refractivity contribution in [3.63, 3.8) is 0 Å². The van der Waals surface area contributed by atoms with Crippen molar-refractivity contribution in [2.75, 3.05) is 19.7 Å². The summed E-state index contributed by atoms with van der Waals surface area (Å²) in [5.41, 5.74) is -0.443. The van der Waals surface area contributed by atoms with E-state index in [1.165, 1.54) is 11.3 Å². The lowest BCUT2D eigenvalue weighted by Gasteiger charge is -2.33. The molecular weight excluding hydrogens is 276 g/mol. The molecule has 1 aromatic rings. The van der Waals surface area contributed by atoms with Crippen molar-refractivity contribution in [3.8, 4) is 5.19 Å². The van der Waals surface area contributed by atoms with Crippen LogP contribution in [-0.2, 0) is 4.74 Å². The molecule has 5 nitrogen and oxygen atoms in total. The average Bonchev–Trinajstić information content (AvgIpc) is 2.88. The van der Waals surface area contributed by atoms with Crippen LogP contribution in [0.2, 0.25) is 0 Å². The van der Waals surface area contributed by atoms with Crippen LogP contribution in [0.5, 0.6) is 5.19 Å². The number of aromatic nitrogens is 1. The predicted octanol–water partition coefficient (Wildman–Crippen LogP) is 3.17. The fraction of sp³-hybridized carbons (Fsp3) is 0.714. The molecule has 1 fully saturated rings. The van der Waals surface area contributed by atoms with E-state index in [1.54, 1.807) is 11.1 Å². The van der Waals surface area contributed by atoms with Crippen molar-refractivity contribution in [2.45, 2.75) is 39.2 Å². The minimum atomic E-state index is -0.443. The first-order valence-electron chi connectivity index (χ1n) is 6.94. The minimum absolute atomic E-state index is 0.226. The van der Waals surface area contributed by atoms with Gasteiger partial charge in [0.2, 0.25) is 0 Å². The highest BCUT2D eigenvalue weighted by atomic mass is 32.1. The Morgan fingerprint density at radius 2 is 2.35 bits per heavy atom. The summed E-state index contributed by atoms with van der Waals surface area (Å²) in [6.45, 7) is 7.73. The first-order chi connectivity index (χ1) is 9.44. The summed E-state index contributed by atoms with van der Waals surface area (Å²) in [6.07, 6.45) is 3.57. The number of piperidine rings is 1. The van der Waals surface area contributed by atoms with Gasteiger partial charge in [-0.3, -0.25) is 0 Å². The molecule has 0 bridgehead atoms. The van der Waals surface area contributed by atoms with Gasteiger partial charge < -0.3 is 14.4 Å². The number of likely N-dealkylation sites (tertiary alicyclic amines) is 1. The second kappa shape index (κ2) is 6.43. The van der Waals surface area contributed by atoms with Gasteiger partial charge in [-0.1, -0.05) is 11.3 Å². The van der Waals surface area contributed by atoms with E-state index in [9.17, 15) is 4.79 Å². The number of amides is 1. The van der Waals surface area contributed by atoms with Gasteiger partial charge in [0.25, 0.3) is 5.19 Å². The molecule has 1 atom stereocenters. The lowest BCUT2D eigenvalue weighted by atomic mass is 9.99. The van der Waals surface area contributed by atoms with E-state index in [2.05, 4.69) is 4.98 Å². The largest absolute Gasteiger partial charge is 0.470 e. The van der Waals surface area contributed by atoms with Gasteiger partial charge in [-0.25, -0.2) is 9.78 Å². The number of hydrogen-bond donors (Lipinski definition) is 0. The van der Waals surface area contributed by atoms with Crippen LogP contribution >= 0.6 is 11.3 Å². The zero-order chi connectivity index (χ0) is 14.6. The molecule has 1 unspecified atom stereocenters. The average molecular weight is 298 g/mol. The van der Waals surface area contributed by atoms with Crippen molar-refractivity contribution in [1.29, 1.82) is 0 Å². The number of carbonyl (C=O) groups is 1. The lowest BCUT2D eigenvalue weighted by Crippen LogP contribution is -2.44. The van der Waals surface area contributed by atoms with Gasteiger partial charge in [0.1, 0.15) is 5.60 Å². The Morgan fingerprint density at radius 1 is 1.55 bits per heavy atom. The van der Waals surface area contributed by atoms with E-state index in [4.69, 9.17) is 9.47 Å². The van der Waals surface area contributed by atoms with E-state index >= 15 is 0 Å². The highest BCUT2D eigenvalue weighted by molar-refractivity contribution is 7.11. The van der Waals surface area contributed by atoms with Crippen molar-refractivity contribution in [3.05, 3.63) is 11.6 Å². The monoisotopic (exact) mass is 298 g/mol. The SMILES string of the molecule is CC(C)(C)OC(=O)N1CCCC(COc2nccs2)C1. The maximum absolute atomic E-state index is 12.0. The van der Waals surface area contributed by atoms with E-state index in [1.807, 2.05) is 26.2 Å². The van der Waals surface area contributed by atoms with E-state index < -0.39 is 5.60 Å². The summed E-state index contributed by atoms with van der Waals surface area (Å²) in [4.78, 5) is 17.9. The molecule has 20 heavy (non-hydrogen) atoms. The third kappa shape index (κ3) is 4.67. The maximum atomic E-state index is 12.0. The standard InChI is InChI=1S/C14H22N2O3S/c1-14(2,3)19-13(17)16-7-4-5-11(9-16)10-18-12-15-6-8-20-12/h6,8,11H,4-5,7,9-10H2,1-3H3. The molecule has 0 aliphatic carbocycles. The van der Waals surface area contributed by atoms with E-state index in [0.717, 1.165) is 19.4 Å². The molecule has 1 amide bonds. The number of hydrogen-bond acceptors (Lipinski definition) is 5. The summed E-state index contributed by atoms with van der Waals surface area (Å²) in [7, 11) is 0. The molecule has 0 N–H and O–H groups in total. The Balaban J connectivity index is 1.80. The van der Waals surface area contributed by atoms with E-state index in [0.29, 0.717) is 24.3 Å². The van der Waals surface area contributed by atoms with Gasteiger partial charge in [-0.05, 0) is 33.6 Å². The van der Waals surface area contributed by atoms with Gasteiger partial charge in [-0.15, -0.1) is 0 Å². The molecular formula is C14H22N2O3S. The van der Waals surface area contributed by atoms with Crippen LogP contribution in [0.4, 0.5) is 4.79 Å². The number of ether oxygens (including phenoxy) is 2. The minimum Gasteiger partial charge on any atom is -0.470 e. The fourth-order valence-electron chi connectivity index (χ4n) is 2.16. The molecule has 0 spiro atoms. The summed E-state index contributed by atoms with van der Waals surface area (Å²) in [5.74, 6) is 0.347. The third-order valence-electron chi connectivity index (χ3n) is 3.02. The second-order valence-corrected chi connectivity index (χ2v) is 6.90. The molecule has 1 saturated heterocycles. The zero-order valence-electron chi connectivity index (χ0n) is 12.3. The topological polar surface area (TPSA) is 51.7 Å². The zero-order valence-corrected chi connectivity index (χ0v) is 13.1. The van der Waals surface area contributed by atoms with Crippen LogP contribution in [0.15, 0.2) is 11.6 Å². The molecule has 1 aliphatic heterocycles. The Labute approximate surface area is 123 Å². The molecule has 112 valence electrons. The first-order valence-corrected chi connectivity index (χ1v) is 7.82. The van der Waals surface area contributed by atoms with Crippen LogP contribution in [0.1, 0.15) is 33.6 Å². The molecule has 0 aromatic carbocycles. The summed E-state index contributed by atoms with van der Waals surface area (Å²) in [5, 5.41) is 2.59. The van der Waals surface area contributed by atoms with Crippen LogP contribution in [0, 0.1) is 5.92 Å². The number of thiazole rings is 1. The van der Waals surface area contributed by atoms with Crippen molar-refractivity contribution in [1.82, 2.24) is 9.88 Å². The second-order valence-electron chi connectivity index (χ2n) is 6.04. The Kier molecular flexibility index (Phi) is 4.86. The van der Waals surface area contributed by atoms with Crippen LogP contribution in [0.3, 0.4) is 0 Å². The summed E-state index contributed by atoms with van der Waals surface area (Å²) < 4.78 is 11.1. The Bertz CT molecular complexity index is 428. The summed E-state index contributed by atoms with van der Waals surface area (Å²) >= 11 is 1.49. The van der Waals surface area contributed by atoms with Crippen molar-refractivity contribution in [2.24, 2.45) is 5.92 Å². The van der Waals surface area contributed by atoms with Crippen LogP contribution in [-0.4, -0.2) is 41.3 Å². The molecule has 0 radical (unpaired) electrons. The highest BCUT2D eigenvalue weighted by Gasteiger charge is 2.27. The smallest absolute Gasteiger partial charge is 0.410 e. The highest BCUT2D eigenvalue weighted by Crippen LogP contribution is 2.21. The predicted molar refractivity (Wildman–Crippen MR) is 78.1 cm³/mol. The van der Waals surface area contributed by atoms with E-state index in [-0.39, 0.29) is 6.09 Å². The maximum Gasteiger partial charge on any atom is 0.410 e.